The maximum Gasteiger partial charge on any atom is 0.290 e. The minimum atomic E-state index is -0.360. The number of carbonyl (C=O) groups is 2. The fourth-order valence-electron chi connectivity index (χ4n) is 4.13. The topological polar surface area (TPSA) is 87.2 Å². The van der Waals surface area contributed by atoms with E-state index in [0.29, 0.717) is 22.5 Å². The second-order valence-corrected chi connectivity index (χ2v) is 8.82. The Hall–Kier alpha value is -1.93. The van der Waals surface area contributed by atoms with Crippen LogP contribution in [0.5, 0.6) is 0 Å². The van der Waals surface area contributed by atoms with Gasteiger partial charge >= 0.3 is 0 Å². The number of rotatable bonds is 5. The Kier molecular flexibility index (Phi) is 6.26. The molecule has 1 aromatic rings. The standard InChI is InChI=1S/C20H27N5O2S/c26-18-17(28-20(27)24-18)12-16-6-9-21-19(23-16)25-10-7-14(8-11-25)13-22-15-4-2-1-3-5-15/h6,9,12,14-15,22H,1-5,7-8,10-11,13H2,(H,24,26,27)/b17-12-. The molecular formula is C20H27N5O2S. The molecule has 0 radical (unpaired) electrons. The molecule has 0 aromatic carbocycles. The Labute approximate surface area is 169 Å². The number of aromatic nitrogens is 2. The molecule has 1 aromatic heterocycles. The molecule has 8 heteroatoms. The number of nitrogens with zero attached hydrogens (tertiary/aromatic N) is 3. The Morgan fingerprint density at radius 2 is 1.96 bits per heavy atom. The van der Waals surface area contributed by atoms with Gasteiger partial charge in [0.25, 0.3) is 11.1 Å². The van der Waals surface area contributed by atoms with E-state index in [9.17, 15) is 9.59 Å². The zero-order valence-corrected chi connectivity index (χ0v) is 16.8. The third-order valence-electron chi connectivity index (χ3n) is 5.78. The SMILES string of the molecule is O=C1NC(=O)/C(=C/c2ccnc(N3CCC(CNC4CCCCC4)CC3)n2)S1. The summed E-state index contributed by atoms with van der Waals surface area (Å²) >= 11 is 0.908. The number of amides is 2. The van der Waals surface area contributed by atoms with Crippen molar-refractivity contribution in [2.24, 2.45) is 5.92 Å². The molecule has 2 saturated heterocycles. The highest BCUT2D eigenvalue weighted by Crippen LogP contribution is 2.26. The zero-order valence-electron chi connectivity index (χ0n) is 16.0. The smallest absolute Gasteiger partial charge is 0.290 e. The maximum absolute atomic E-state index is 11.7. The van der Waals surface area contributed by atoms with Gasteiger partial charge in [-0.2, -0.15) is 0 Å². The molecule has 28 heavy (non-hydrogen) atoms. The summed E-state index contributed by atoms with van der Waals surface area (Å²) in [6.07, 6.45) is 12.4. The summed E-state index contributed by atoms with van der Waals surface area (Å²) in [4.78, 5) is 34.6. The van der Waals surface area contributed by atoms with Gasteiger partial charge in [-0.15, -0.1) is 0 Å². The highest BCUT2D eigenvalue weighted by atomic mass is 32.2. The van der Waals surface area contributed by atoms with E-state index >= 15 is 0 Å². The monoisotopic (exact) mass is 401 g/mol. The van der Waals surface area contributed by atoms with Gasteiger partial charge in [-0.3, -0.25) is 14.9 Å². The summed E-state index contributed by atoms with van der Waals surface area (Å²) in [5.41, 5.74) is 0.651. The quantitative estimate of drug-likeness (QED) is 0.734. The van der Waals surface area contributed by atoms with Crippen LogP contribution in [-0.4, -0.2) is 46.8 Å². The van der Waals surface area contributed by atoms with E-state index in [4.69, 9.17) is 0 Å². The third kappa shape index (κ3) is 4.91. The molecule has 3 heterocycles. The van der Waals surface area contributed by atoms with Crippen LogP contribution in [0, 0.1) is 5.92 Å². The third-order valence-corrected chi connectivity index (χ3v) is 6.59. The van der Waals surface area contributed by atoms with Gasteiger partial charge in [-0.25, -0.2) is 9.97 Å². The van der Waals surface area contributed by atoms with Gasteiger partial charge in [-0.1, -0.05) is 19.3 Å². The van der Waals surface area contributed by atoms with E-state index in [1.165, 1.54) is 32.1 Å². The largest absolute Gasteiger partial charge is 0.341 e. The van der Waals surface area contributed by atoms with Gasteiger partial charge in [0.15, 0.2) is 0 Å². The van der Waals surface area contributed by atoms with Crippen molar-refractivity contribution < 1.29 is 9.59 Å². The van der Waals surface area contributed by atoms with E-state index in [-0.39, 0.29) is 11.1 Å². The molecule has 0 atom stereocenters. The number of carbonyl (C=O) groups excluding carboxylic acids is 2. The van der Waals surface area contributed by atoms with Crippen LogP contribution in [0.2, 0.25) is 0 Å². The molecule has 0 unspecified atom stereocenters. The first-order chi connectivity index (χ1) is 13.7. The van der Waals surface area contributed by atoms with Gasteiger partial charge in [-0.05, 0) is 62.1 Å². The van der Waals surface area contributed by atoms with Crippen LogP contribution in [0.3, 0.4) is 0 Å². The van der Waals surface area contributed by atoms with E-state index < -0.39 is 0 Å². The fraction of sp³-hybridized carbons (Fsp3) is 0.600. The molecule has 1 saturated carbocycles. The summed E-state index contributed by atoms with van der Waals surface area (Å²) in [6.45, 7) is 3.02. The molecule has 2 aliphatic heterocycles. The Morgan fingerprint density at radius 1 is 1.18 bits per heavy atom. The number of hydrogen-bond acceptors (Lipinski definition) is 7. The van der Waals surface area contributed by atoms with Crippen molar-refractivity contribution in [3.63, 3.8) is 0 Å². The number of anilines is 1. The van der Waals surface area contributed by atoms with Crippen LogP contribution < -0.4 is 15.5 Å². The first-order valence-electron chi connectivity index (χ1n) is 10.2. The first-order valence-corrected chi connectivity index (χ1v) is 11.1. The van der Waals surface area contributed by atoms with Crippen LogP contribution in [-0.2, 0) is 4.79 Å². The molecule has 150 valence electrons. The first kappa shape index (κ1) is 19.4. The molecule has 3 aliphatic rings. The van der Waals surface area contributed by atoms with Crippen molar-refractivity contribution in [1.29, 1.82) is 0 Å². The van der Waals surface area contributed by atoms with Gasteiger partial charge in [0, 0.05) is 25.3 Å². The van der Waals surface area contributed by atoms with Gasteiger partial charge in [0.1, 0.15) is 0 Å². The van der Waals surface area contributed by atoms with Gasteiger partial charge in [0.05, 0.1) is 10.6 Å². The molecule has 7 nitrogen and oxygen atoms in total. The summed E-state index contributed by atoms with van der Waals surface area (Å²) in [5, 5.41) is 5.70. The van der Waals surface area contributed by atoms with E-state index in [1.807, 2.05) is 0 Å². The highest BCUT2D eigenvalue weighted by Gasteiger charge is 2.26. The van der Waals surface area contributed by atoms with Crippen molar-refractivity contribution >= 4 is 34.9 Å². The summed E-state index contributed by atoms with van der Waals surface area (Å²) in [6, 6.07) is 2.48. The lowest BCUT2D eigenvalue weighted by atomic mass is 9.93. The molecular weight excluding hydrogens is 374 g/mol. The van der Waals surface area contributed by atoms with Crippen molar-refractivity contribution in [3.05, 3.63) is 22.9 Å². The van der Waals surface area contributed by atoms with Crippen molar-refractivity contribution in [1.82, 2.24) is 20.6 Å². The van der Waals surface area contributed by atoms with E-state index in [0.717, 1.165) is 50.3 Å². The Morgan fingerprint density at radius 3 is 2.68 bits per heavy atom. The van der Waals surface area contributed by atoms with E-state index in [1.54, 1.807) is 18.3 Å². The van der Waals surface area contributed by atoms with Crippen LogP contribution in [0.15, 0.2) is 17.2 Å². The molecule has 2 N–H and O–H groups in total. The molecule has 3 fully saturated rings. The van der Waals surface area contributed by atoms with Crippen LogP contribution in [0.1, 0.15) is 50.6 Å². The number of nitrogens with one attached hydrogen (secondary N) is 2. The maximum atomic E-state index is 11.7. The van der Waals surface area contributed by atoms with E-state index in [2.05, 4.69) is 25.5 Å². The summed E-state index contributed by atoms with van der Waals surface area (Å²) < 4.78 is 0. The Balaban J connectivity index is 1.30. The molecule has 0 spiro atoms. The minimum Gasteiger partial charge on any atom is -0.341 e. The molecule has 0 bridgehead atoms. The van der Waals surface area contributed by atoms with Gasteiger partial charge in [0.2, 0.25) is 5.95 Å². The molecule has 1 aliphatic carbocycles. The molecule has 4 rings (SSSR count). The van der Waals surface area contributed by atoms with Crippen molar-refractivity contribution in [2.45, 2.75) is 51.0 Å². The lowest BCUT2D eigenvalue weighted by molar-refractivity contribution is -0.115. The predicted octanol–water partition coefficient (Wildman–Crippen LogP) is 2.94. The second-order valence-electron chi connectivity index (χ2n) is 7.81. The minimum absolute atomic E-state index is 0.338. The van der Waals surface area contributed by atoms with Crippen LogP contribution >= 0.6 is 11.8 Å². The second kappa shape index (κ2) is 9.05. The highest BCUT2D eigenvalue weighted by molar-refractivity contribution is 8.18. The molecule has 2 amide bonds. The fourth-order valence-corrected chi connectivity index (χ4v) is 4.79. The van der Waals surface area contributed by atoms with Crippen LogP contribution in [0.4, 0.5) is 10.7 Å². The summed E-state index contributed by atoms with van der Waals surface area (Å²) in [7, 11) is 0. The average Bonchev–Trinajstić information content (AvgIpc) is 3.04. The van der Waals surface area contributed by atoms with Crippen molar-refractivity contribution in [2.75, 3.05) is 24.5 Å². The Bertz CT molecular complexity index is 755. The lowest BCUT2D eigenvalue weighted by Crippen LogP contribution is -2.41. The normalized spacial score (nSPS) is 23.4. The van der Waals surface area contributed by atoms with Crippen molar-refractivity contribution in [3.8, 4) is 0 Å². The number of piperidine rings is 1. The number of thioether (sulfide) groups is 1. The zero-order chi connectivity index (χ0) is 19.3. The average molecular weight is 402 g/mol. The van der Waals surface area contributed by atoms with Gasteiger partial charge < -0.3 is 10.2 Å². The lowest BCUT2D eigenvalue weighted by Gasteiger charge is -2.33. The van der Waals surface area contributed by atoms with Crippen LogP contribution in [0.25, 0.3) is 6.08 Å². The summed E-state index contributed by atoms with van der Waals surface area (Å²) in [5.74, 6) is 1.05. The predicted molar refractivity (Wildman–Crippen MR) is 111 cm³/mol. The number of imide groups is 1. The number of hydrogen-bond donors (Lipinski definition) is 2.